The Morgan fingerprint density at radius 2 is 2.18 bits per heavy atom. The average Bonchev–Trinajstić information content (AvgIpc) is 1.86. The standard InChI is InChI=1S/C6H8N2O2S/c1-11(9,10)6-2-3-8-4-5(6)7/h2-4H,7H2,1H3. The number of nitrogen functional groups attached to an aromatic ring is 1. The van der Waals surface area contributed by atoms with Crippen molar-refractivity contribution in [1.82, 2.24) is 4.98 Å². The molecule has 0 bridgehead atoms. The summed E-state index contributed by atoms with van der Waals surface area (Å²) in [5, 5.41) is 0. The monoisotopic (exact) mass is 172 g/mol. The molecule has 1 aromatic heterocycles. The second-order valence-electron chi connectivity index (χ2n) is 2.19. The summed E-state index contributed by atoms with van der Waals surface area (Å²) in [7, 11) is -3.20. The molecule has 0 saturated heterocycles. The zero-order valence-corrected chi connectivity index (χ0v) is 6.80. The molecule has 1 heterocycles. The van der Waals surface area contributed by atoms with Crippen LogP contribution in [0.3, 0.4) is 0 Å². The van der Waals surface area contributed by atoms with Gasteiger partial charge in [0, 0.05) is 12.5 Å². The smallest absolute Gasteiger partial charge is 0.177 e. The van der Waals surface area contributed by atoms with E-state index in [1.165, 1.54) is 18.5 Å². The van der Waals surface area contributed by atoms with Gasteiger partial charge in [0.15, 0.2) is 9.84 Å². The molecule has 0 aliphatic rings. The summed E-state index contributed by atoms with van der Waals surface area (Å²) in [4.78, 5) is 3.80. The number of sulfone groups is 1. The van der Waals surface area contributed by atoms with E-state index in [1.807, 2.05) is 0 Å². The van der Waals surface area contributed by atoms with Crippen LogP contribution in [0.5, 0.6) is 0 Å². The van der Waals surface area contributed by atoms with Crippen LogP contribution in [-0.2, 0) is 9.84 Å². The zero-order valence-electron chi connectivity index (χ0n) is 5.98. The number of hydrogen-bond donors (Lipinski definition) is 1. The number of rotatable bonds is 1. The van der Waals surface area contributed by atoms with Gasteiger partial charge in [-0.05, 0) is 6.07 Å². The lowest BCUT2D eigenvalue weighted by atomic mass is 10.4. The SMILES string of the molecule is CS(=O)(=O)c1ccncc1N. The third-order valence-electron chi connectivity index (χ3n) is 1.21. The molecule has 2 N–H and O–H groups in total. The van der Waals surface area contributed by atoms with E-state index in [4.69, 9.17) is 5.73 Å². The largest absolute Gasteiger partial charge is 0.396 e. The van der Waals surface area contributed by atoms with Crippen molar-refractivity contribution in [2.75, 3.05) is 12.0 Å². The second-order valence-corrected chi connectivity index (χ2v) is 4.17. The van der Waals surface area contributed by atoms with Crippen molar-refractivity contribution < 1.29 is 8.42 Å². The van der Waals surface area contributed by atoms with Gasteiger partial charge >= 0.3 is 0 Å². The highest BCUT2D eigenvalue weighted by Crippen LogP contribution is 2.14. The van der Waals surface area contributed by atoms with E-state index < -0.39 is 9.84 Å². The van der Waals surface area contributed by atoms with Gasteiger partial charge in [0.05, 0.1) is 16.8 Å². The normalized spacial score (nSPS) is 11.4. The molecule has 4 nitrogen and oxygen atoms in total. The van der Waals surface area contributed by atoms with Gasteiger partial charge in [0.1, 0.15) is 0 Å². The second kappa shape index (κ2) is 2.50. The van der Waals surface area contributed by atoms with E-state index in [2.05, 4.69) is 4.98 Å². The van der Waals surface area contributed by atoms with Crippen LogP contribution in [0.2, 0.25) is 0 Å². The highest BCUT2D eigenvalue weighted by atomic mass is 32.2. The van der Waals surface area contributed by atoms with Crippen molar-refractivity contribution in [3.63, 3.8) is 0 Å². The zero-order chi connectivity index (χ0) is 8.48. The Hall–Kier alpha value is -1.10. The minimum Gasteiger partial charge on any atom is -0.396 e. The molecule has 1 rings (SSSR count). The molecule has 0 atom stereocenters. The maximum atomic E-state index is 10.9. The lowest BCUT2D eigenvalue weighted by molar-refractivity contribution is 0.602. The third-order valence-corrected chi connectivity index (χ3v) is 2.38. The van der Waals surface area contributed by atoms with Crippen molar-refractivity contribution in [3.05, 3.63) is 18.5 Å². The average molecular weight is 172 g/mol. The minimum absolute atomic E-state index is 0.132. The Bertz CT molecular complexity index is 359. The van der Waals surface area contributed by atoms with Gasteiger partial charge < -0.3 is 5.73 Å². The van der Waals surface area contributed by atoms with Crippen LogP contribution >= 0.6 is 0 Å². The molecular weight excluding hydrogens is 164 g/mol. The predicted octanol–water partition coefficient (Wildman–Crippen LogP) is 0.0673. The Morgan fingerprint density at radius 3 is 2.55 bits per heavy atom. The highest BCUT2D eigenvalue weighted by molar-refractivity contribution is 7.90. The molecule has 0 spiro atoms. The fourth-order valence-electron chi connectivity index (χ4n) is 0.732. The van der Waals surface area contributed by atoms with Crippen LogP contribution in [0.4, 0.5) is 5.69 Å². The van der Waals surface area contributed by atoms with Gasteiger partial charge in [0.25, 0.3) is 0 Å². The summed E-state index contributed by atoms with van der Waals surface area (Å²) in [5.74, 6) is 0. The lowest BCUT2D eigenvalue weighted by Crippen LogP contribution is -2.02. The van der Waals surface area contributed by atoms with Crippen molar-refractivity contribution >= 4 is 15.5 Å². The third kappa shape index (κ3) is 1.68. The molecule has 0 unspecified atom stereocenters. The van der Waals surface area contributed by atoms with Crippen molar-refractivity contribution in [2.45, 2.75) is 4.90 Å². The molecule has 0 saturated carbocycles. The molecule has 0 aliphatic carbocycles. The number of anilines is 1. The topological polar surface area (TPSA) is 73.0 Å². The molecule has 5 heteroatoms. The molecule has 0 aliphatic heterocycles. The van der Waals surface area contributed by atoms with Gasteiger partial charge in [0.2, 0.25) is 0 Å². The van der Waals surface area contributed by atoms with Crippen LogP contribution in [0.25, 0.3) is 0 Å². The van der Waals surface area contributed by atoms with Crippen LogP contribution in [-0.4, -0.2) is 19.7 Å². The summed E-state index contributed by atoms with van der Waals surface area (Å²) in [5.41, 5.74) is 5.55. The quantitative estimate of drug-likeness (QED) is 0.650. The van der Waals surface area contributed by atoms with Crippen molar-refractivity contribution in [1.29, 1.82) is 0 Å². The molecule has 0 fully saturated rings. The summed E-state index contributed by atoms with van der Waals surface area (Å²) in [6, 6.07) is 1.38. The van der Waals surface area contributed by atoms with Gasteiger partial charge in [-0.15, -0.1) is 0 Å². The molecule has 0 aromatic carbocycles. The number of pyridine rings is 1. The summed E-state index contributed by atoms with van der Waals surface area (Å²) in [6.07, 6.45) is 3.82. The Balaban J connectivity index is 3.37. The van der Waals surface area contributed by atoms with Gasteiger partial charge in [-0.1, -0.05) is 0 Å². The molecule has 1 aromatic rings. The Morgan fingerprint density at radius 1 is 1.55 bits per heavy atom. The first-order chi connectivity index (χ1) is 5.02. The maximum absolute atomic E-state index is 10.9. The molecule has 60 valence electrons. The molecule has 0 radical (unpaired) electrons. The Labute approximate surface area is 65.0 Å². The predicted molar refractivity (Wildman–Crippen MR) is 41.8 cm³/mol. The van der Waals surface area contributed by atoms with E-state index in [0.717, 1.165) is 6.26 Å². The van der Waals surface area contributed by atoms with E-state index in [-0.39, 0.29) is 10.6 Å². The molecule has 11 heavy (non-hydrogen) atoms. The van der Waals surface area contributed by atoms with E-state index in [0.29, 0.717) is 0 Å². The minimum atomic E-state index is -3.20. The van der Waals surface area contributed by atoms with Gasteiger partial charge in [-0.3, -0.25) is 4.98 Å². The fourth-order valence-corrected chi connectivity index (χ4v) is 1.52. The number of nitrogens with two attached hydrogens (primary N) is 1. The number of aromatic nitrogens is 1. The maximum Gasteiger partial charge on any atom is 0.177 e. The van der Waals surface area contributed by atoms with Gasteiger partial charge in [-0.2, -0.15) is 0 Å². The van der Waals surface area contributed by atoms with Crippen LogP contribution < -0.4 is 5.73 Å². The van der Waals surface area contributed by atoms with Crippen molar-refractivity contribution in [2.24, 2.45) is 0 Å². The van der Waals surface area contributed by atoms with Crippen LogP contribution in [0, 0.1) is 0 Å². The first-order valence-corrected chi connectivity index (χ1v) is 4.80. The fraction of sp³-hybridized carbons (Fsp3) is 0.167. The van der Waals surface area contributed by atoms with E-state index in [9.17, 15) is 8.42 Å². The van der Waals surface area contributed by atoms with Gasteiger partial charge in [-0.25, -0.2) is 8.42 Å². The van der Waals surface area contributed by atoms with Crippen LogP contribution in [0.15, 0.2) is 23.4 Å². The number of hydrogen-bond acceptors (Lipinski definition) is 4. The van der Waals surface area contributed by atoms with Crippen LogP contribution in [0.1, 0.15) is 0 Å². The summed E-state index contributed by atoms with van der Waals surface area (Å²) < 4.78 is 21.9. The van der Waals surface area contributed by atoms with E-state index in [1.54, 1.807) is 0 Å². The van der Waals surface area contributed by atoms with E-state index >= 15 is 0 Å². The van der Waals surface area contributed by atoms with Crippen molar-refractivity contribution in [3.8, 4) is 0 Å². The Kier molecular flexibility index (Phi) is 1.82. The summed E-state index contributed by atoms with van der Waals surface area (Å²) in [6.45, 7) is 0. The molecule has 0 amide bonds. The highest BCUT2D eigenvalue weighted by Gasteiger charge is 2.09. The first kappa shape index (κ1) is 8.00. The summed E-state index contributed by atoms with van der Waals surface area (Å²) >= 11 is 0. The molecular formula is C6H8N2O2S. The number of nitrogens with zero attached hydrogens (tertiary/aromatic N) is 1. The lowest BCUT2D eigenvalue weighted by Gasteiger charge is -1.99. The first-order valence-electron chi connectivity index (χ1n) is 2.91.